The molecule has 1 aromatic rings. The summed E-state index contributed by atoms with van der Waals surface area (Å²) in [4.78, 5) is 0. The van der Waals surface area contributed by atoms with Crippen molar-refractivity contribution in [1.82, 2.24) is 0 Å². The van der Waals surface area contributed by atoms with E-state index in [1.165, 1.54) is 27.9 Å². The summed E-state index contributed by atoms with van der Waals surface area (Å²) in [6, 6.07) is 8.19. The van der Waals surface area contributed by atoms with Crippen LogP contribution >= 0.6 is 0 Å². The summed E-state index contributed by atoms with van der Waals surface area (Å²) in [5.41, 5.74) is 6.98. The van der Waals surface area contributed by atoms with Crippen molar-refractivity contribution in [2.45, 2.75) is 46.6 Å². The fourth-order valence-corrected chi connectivity index (χ4v) is 2.65. The summed E-state index contributed by atoms with van der Waals surface area (Å²) in [6.45, 7) is 10.3. The van der Waals surface area contributed by atoms with Crippen LogP contribution in [0.25, 0.3) is 5.57 Å². The van der Waals surface area contributed by atoms with Gasteiger partial charge in [0.05, 0.1) is 5.60 Å². The second kappa shape index (κ2) is 4.40. The largest absolute Gasteiger partial charge is 0.386 e. The third kappa shape index (κ3) is 2.15. The van der Waals surface area contributed by atoms with Gasteiger partial charge in [0.2, 0.25) is 0 Å². The predicted molar refractivity (Wildman–Crippen MR) is 77.3 cm³/mol. The molecule has 0 heterocycles. The number of benzene rings is 1. The Bertz CT molecular complexity index is 539. The van der Waals surface area contributed by atoms with Crippen LogP contribution in [0.15, 0.2) is 41.0 Å². The van der Waals surface area contributed by atoms with Gasteiger partial charge in [0.15, 0.2) is 0 Å². The maximum Gasteiger partial charge on any atom is 0.0846 e. The van der Waals surface area contributed by atoms with Crippen LogP contribution in [0, 0.1) is 0 Å². The second-order valence-electron chi connectivity index (χ2n) is 5.79. The summed E-state index contributed by atoms with van der Waals surface area (Å²) in [5, 5.41) is 10.3. The summed E-state index contributed by atoms with van der Waals surface area (Å²) in [6.07, 6.45) is 1.00. The number of allylic oxidation sites excluding steroid dienone is 4. The highest BCUT2D eigenvalue weighted by molar-refractivity contribution is 5.79. The summed E-state index contributed by atoms with van der Waals surface area (Å²) < 4.78 is 0. The Kier molecular flexibility index (Phi) is 3.20. The zero-order valence-corrected chi connectivity index (χ0v) is 12.0. The Morgan fingerprint density at radius 2 is 1.61 bits per heavy atom. The second-order valence-corrected chi connectivity index (χ2v) is 5.79. The summed E-state index contributed by atoms with van der Waals surface area (Å²) in [5.74, 6) is 0. The van der Waals surface area contributed by atoms with E-state index < -0.39 is 5.60 Å². The van der Waals surface area contributed by atoms with Crippen LogP contribution in [0.2, 0.25) is 0 Å². The zero-order valence-electron chi connectivity index (χ0n) is 12.0. The highest BCUT2D eigenvalue weighted by Gasteiger charge is 2.24. The molecule has 0 fully saturated rings. The van der Waals surface area contributed by atoms with E-state index in [-0.39, 0.29) is 0 Å². The molecule has 1 aliphatic rings. The Labute approximate surface area is 110 Å². The molecule has 0 spiro atoms. The standard InChI is InChI=1S/C17H22O/c1-11-10-15(13(3)12(11)2)14-8-6-7-9-16(14)17(4,5)18/h6-9,18H,10H2,1-5H3. The monoisotopic (exact) mass is 242 g/mol. The predicted octanol–water partition coefficient (Wildman–Crippen LogP) is 4.43. The van der Waals surface area contributed by atoms with Gasteiger partial charge in [-0.15, -0.1) is 0 Å². The molecule has 0 saturated carbocycles. The van der Waals surface area contributed by atoms with Crippen molar-refractivity contribution >= 4 is 5.57 Å². The van der Waals surface area contributed by atoms with Gasteiger partial charge < -0.3 is 5.11 Å². The Balaban J connectivity index is 2.56. The minimum Gasteiger partial charge on any atom is -0.386 e. The van der Waals surface area contributed by atoms with E-state index in [1.54, 1.807) is 0 Å². The van der Waals surface area contributed by atoms with E-state index >= 15 is 0 Å². The Morgan fingerprint density at radius 1 is 1.00 bits per heavy atom. The first-order valence-electron chi connectivity index (χ1n) is 6.51. The number of aliphatic hydroxyl groups is 1. The molecule has 2 rings (SSSR count). The van der Waals surface area contributed by atoms with Crippen LogP contribution in [-0.2, 0) is 5.60 Å². The van der Waals surface area contributed by atoms with Gasteiger partial charge in [-0.3, -0.25) is 0 Å². The molecule has 96 valence electrons. The lowest BCUT2D eigenvalue weighted by molar-refractivity contribution is 0.0783. The van der Waals surface area contributed by atoms with Crippen molar-refractivity contribution in [3.63, 3.8) is 0 Å². The number of hydrogen-bond donors (Lipinski definition) is 1. The average molecular weight is 242 g/mol. The topological polar surface area (TPSA) is 20.2 Å². The molecule has 1 aliphatic carbocycles. The minimum absolute atomic E-state index is 0.797. The fourth-order valence-electron chi connectivity index (χ4n) is 2.65. The average Bonchev–Trinajstić information content (AvgIpc) is 2.56. The lowest BCUT2D eigenvalue weighted by Crippen LogP contribution is -2.17. The third-order valence-electron chi connectivity index (χ3n) is 4.01. The van der Waals surface area contributed by atoms with Gasteiger partial charge >= 0.3 is 0 Å². The molecule has 1 aromatic carbocycles. The van der Waals surface area contributed by atoms with Crippen molar-refractivity contribution < 1.29 is 5.11 Å². The van der Waals surface area contributed by atoms with Gasteiger partial charge in [0, 0.05) is 0 Å². The van der Waals surface area contributed by atoms with Crippen LogP contribution < -0.4 is 0 Å². The maximum absolute atomic E-state index is 10.3. The highest BCUT2D eigenvalue weighted by atomic mass is 16.3. The molecule has 0 atom stereocenters. The van der Waals surface area contributed by atoms with Crippen LogP contribution in [-0.4, -0.2) is 5.11 Å². The third-order valence-corrected chi connectivity index (χ3v) is 4.01. The first-order valence-corrected chi connectivity index (χ1v) is 6.51. The molecular weight excluding hydrogens is 220 g/mol. The van der Waals surface area contributed by atoms with E-state index in [0.717, 1.165) is 12.0 Å². The molecule has 0 aromatic heterocycles. The van der Waals surface area contributed by atoms with Crippen molar-refractivity contribution in [3.8, 4) is 0 Å². The maximum atomic E-state index is 10.3. The van der Waals surface area contributed by atoms with Gasteiger partial charge in [0.25, 0.3) is 0 Å². The van der Waals surface area contributed by atoms with Crippen molar-refractivity contribution in [1.29, 1.82) is 0 Å². The van der Waals surface area contributed by atoms with Gasteiger partial charge in [-0.2, -0.15) is 0 Å². The van der Waals surface area contributed by atoms with E-state index in [1.807, 2.05) is 32.0 Å². The van der Waals surface area contributed by atoms with E-state index in [2.05, 4.69) is 26.8 Å². The normalized spacial score (nSPS) is 16.8. The lowest BCUT2D eigenvalue weighted by Gasteiger charge is -2.23. The summed E-state index contributed by atoms with van der Waals surface area (Å²) in [7, 11) is 0. The Morgan fingerprint density at radius 3 is 2.11 bits per heavy atom. The van der Waals surface area contributed by atoms with Gasteiger partial charge in [0.1, 0.15) is 0 Å². The van der Waals surface area contributed by atoms with Crippen LogP contribution in [0.1, 0.15) is 52.2 Å². The molecule has 0 radical (unpaired) electrons. The SMILES string of the molecule is CC1=C(C)C(C)=C(c2ccccc2C(C)(C)O)C1. The van der Waals surface area contributed by atoms with Crippen LogP contribution in [0.3, 0.4) is 0 Å². The lowest BCUT2D eigenvalue weighted by atomic mass is 9.87. The van der Waals surface area contributed by atoms with Crippen LogP contribution in [0.4, 0.5) is 0 Å². The molecule has 1 N–H and O–H groups in total. The minimum atomic E-state index is -0.797. The zero-order chi connectivity index (χ0) is 13.5. The Hall–Kier alpha value is -1.34. The van der Waals surface area contributed by atoms with E-state index in [9.17, 15) is 5.11 Å². The first kappa shape index (κ1) is 13.1. The number of rotatable bonds is 2. The quantitative estimate of drug-likeness (QED) is 0.813. The molecule has 1 heteroatoms. The smallest absolute Gasteiger partial charge is 0.0846 e. The molecular formula is C17H22O. The highest BCUT2D eigenvalue weighted by Crippen LogP contribution is 2.40. The molecule has 18 heavy (non-hydrogen) atoms. The fraction of sp³-hybridized carbons (Fsp3) is 0.412. The number of hydrogen-bond acceptors (Lipinski definition) is 1. The molecule has 0 aliphatic heterocycles. The molecule has 0 unspecified atom stereocenters. The molecule has 0 amide bonds. The van der Waals surface area contributed by atoms with Crippen molar-refractivity contribution in [2.24, 2.45) is 0 Å². The van der Waals surface area contributed by atoms with Gasteiger partial charge in [-0.1, -0.05) is 29.8 Å². The van der Waals surface area contributed by atoms with Gasteiger partial charge in [-0.25, -0.2) is 0 Å². The van der Waals surface area contributed by atoms with E-state index in [4.69, 9.17) is 0 Å². The van der Waals surface area contributed by atoms with Crippen molar-refractivity contribution in [3.05, 3.63) is 52.1 Å². The van der Waals surface area contributed by atoms with Gasteiger partial charge in [-0.05, 0) is 68.9 Å². The molecule has 0 saturated heterocycles. The van der Waals surface area contributed by atoms with Crippen LogP contribution in [0.5, 0.6) is 0 Å². The molecule has 0 bridgehead atoms. The molecule has 1 nitrogen and oxygen atoms in total. The van der Waals surface area contributed by atoms with E-state index in [0.29, 0.717) is 0 Å². The first-order chi connectivity index (χ1) is 8.32. The van der Waals surface area contributed by atoms with Crippen molar-refractivity contribution in [2.75, 3.05) is 0 Å². The summed E-state index contributed by atoms with van der Waals surface area (Å²) >= 11 is 0.